The van der Waals surface area contributed by atoms with Crippen molar-refractivity contribution in [1.29, 1.82) is 0 Å². The van der Waals surface area contributed by atoms with Crippen LogP contribution in [0, 0.1) is 0 Å². The molecule has 0 unspecified atom stereocenters. The van der Waals surface area contributed by atoms with Crippen molar-refractivity contribution in [2.75, 3.05) is 7.11 Å². The molecule has 0 aliphatic rings. The molecule has 0 atom stereocenters. The Kier molecular flexibility index (Phi) is 3.67. The average Bonchev–Trinajstić information content (AvgIpc) is 2.38. The Labute approximate surface area is 113 Å². The van der Waals surface area contributed by atoms with Crippen LogP contribution in [0.15, 0.2) is 46.9 Å². The molecule has 2 aromatic carbocycles. The number of ether oxygens (including phenoxy) is 1. The molecule has 0 fully saturated rings. The van der Waals surface area contributed by atoms with E-state index in [4.69, 9.17) is 4.74 Å². The molecule has 0 aliphatic carbocycles. The third kappa shape index (κ3) is 2.54. The van der Waals surface area contributed by atoms with Crippen LogP contribution in [-0.4, -0.2) is 18.2 Å². The highest BCUT2D eigenvalue weighted by atomic mass is 79.9. The van der Waals surface area contributed by atoms with Gasteiger partial charge in [-0.05, 0) is 41.5 Å². The minimum atomic E-state index is -0.969. The van der Waals surface area contributed by atoms with Crippen LogP contribution < -0.4 is 4.74 Å². The van der Waals surface area contributed by atoms with E-state index in [1.54, 1.807) is 12.1 Å². The summed E-state index contributed by atoms with van der Waals surface area (Å²) in [6, 6.07) is 12.6. The van der Waals surface area contributed by atoms with Crippen molar-refractivity contribution < 1.29 is 14.6 Å². The number of carboxylic acid groups (broad SMARTS) is 1. The Hall–Kier alpha value is -1.81. The number of aromatic carboxylic acids is 1. The molecule has 0 bridgehead atoms. The normalized spacial score (nSPS) is 10.1. The molecule has 0 aliphatic heterocycles. The molecule has 3 nitrogen and oxygen atoms in total. The number of methoxy groups -OCH3 is 1. The van der Waals surface area contributed by atoms with E-state index in [2.05, 4.69) is 15.9 Å². The third-order valence-electron chi connectivity index (χ3n) is 2.59. The van der Waals surface area contributed by atoms with Crippen molar-refractivity contribution in [2.45, 2.75) is 0 Å². The van der Waals surface area contributed by atoms with Gasteiger partial charge in [-0.25, -0.2) is 4.79 Å². The minimum Gasteiger partial charge on any atom is -0.497 e. The molecule has 1 N–H and O–H groups in total. The summed E-state index contributed by atoms with van der Waals surface area (Å²) in [6.45, 7) is 0. The van der Waals surface area contributed by atoms with Crippen molar-refractivity contribution in [3.05, 3.63) is 52.5 Å². The number of hydrogen-bond acceptors (Lipinski definition) is 2. The van der Waals surface area contributed by atoms with Crippen LogP contribution in [0.2, 0.25) is 0 Å². The molecule has 4 heteroatoms. The summed E-state index contributed by atoms with van der Waals surface area (Å²) < 4.78 is 5.96. The van der Waals surface area contributed by atoms with E-state index in [9.17, 15) is 9.90 Å². The van der Waals surface area contributed by atoms with E-state index in [0.717, 1.165) is 10.0 Å². The monoisotopic (exact) mass is 306 g/mol. The first kappa shape index (κ1) is 12.6. The van der Waals surface area contributed by atoms with Crippen molar-refractivity contribution in [2.24, 2.45) is 0 Å². The van der Waals surface area contributed by atoms with Gasteiger partial charge in [0.2, 0.25) is 0 Å². The van der Waals surface area contributed by atoms with Gasteiger partial charge in [0.25, 0.3) is 0 Å². The standard InChI is InChI=1S/C14H11BrO3/c1-18-11-5-6-12(13(8-11)14(16)17)9-3-2-4-10(15)7-9/h2-8H,1H3,(H,16,17). The molecule has 0 spiro atoms. The predicted molar refractivity (Wildman–Crippen MR) is 73.1 cm³/mol. The number of halogens is 1. The second kappa shape index (κ2) is 5.23. The zero-order valence-corrected chi connectivity index (χ0v) is 11.3. The van der Waals surface area contributed by atoms with Crippen LogP contribution in [0.25, 0.3) is 11.1 Å². The number of carbonyl (C=O) groups is 1. The van der Waals surface area contributed by atoms with Gasteiger partial charge in [-0.2, -0.15) is 0 Å². The van der Waals surface area contributed by atoms with Crippen LogP contribution in [0.5, 0.6) is 5.75 Å². The highest BCUT2D eigenvalue weighted by molar-refractivity contribution is 9.10. The lowest BCUT2D eigenvalue weighted by molar-refractivity contribution is 0.0697. The van der Waals surface area contributed by atoms with Crippen LogP contribution in [0.3, 0.4) is 0 Å². The quantitative estimate of drug-likeness (QED) is 0.937. The fraction of sp³-hybridized carbons (Fsp3) is 0.0714. The van der Waals surface area contributed by atoms with E-state index in [1.807, 2.05) is 24.3 Å². The summed E-state index contributed by atoms with van der Waals surface area (Å²) in [4.78, 5) is 11.3. The van der Waals surface area contributed by atoms with Crippen LogP contribution in [-0.2, 0) is 0 Å². The second-order valence-electron chi connectivity index (χ2n) is 3.73. The molecule has 92 valence electrons. The molecule has 0 saturated carbocycles. The molecule has 2 aromatic rings. The number of hydrogen-bond donors (Lipinski definition) is 1. The summed E-state index contributed by atoms with van der Waals surface area (Å²) in [5.41, 5.74) is 1.75. The van der Waals surface area contributed by atoms with Crippen LogP contribution in [0.1, 0.15) is 10.4 Å². The maximum atomic E-state index is 11.3. The van der Waals surface area contributed by atoms with Gasteiger partial charge in [-0.1, -0.05) is 28.1 Å². The summed E-state index contributed by atoms with van der Waals surface area (Å²) in [5, 5.41) is 9.25. The largest absolute Gasteiger partial charge is 0.497 e. The van der Waals surface area contributed by atoms with Gasteiger partial charge >= 0.3 is 5.97 Å². The lowest BCUT2D eigenvalue weighted by Gasteiger charge is -2.09. The maximum Gasteiger partial charge on any atom is 0.336 e. The second-order valence-corrected chi connectivity index (χ2v) is 4.64. The molecule has 0 saturated heterocycles. The van der Waals surface area contributed by atoms with E-state index < -0.39 is 5.97 Å². The number of carboxylic acids is 1. The Balaban J connectivity index is 2.60. The molecule has 0 heterocycles. The lowest BCUT2D eigenvalue weighted by Crippen LogP contribution is -2.00. The van der Waals surface area contributed by atoms with Crippen molar-refractivity contribution in [3.63, 3.8) is 0 Å². The summed E-state index contributed by atoms with van der Waals surface area (Å²) in [7, 11) is 1.51. The smallest absolute Gasteiger partial charge is 0.336 e. The van der Waals surface area contributed by atoms with Gasteiger partial charge < -0.3 is 9.84 Å². The SMILES string of the molecule is COc1ccc(-c2cccc(Br)c2)c(C(=O)O)c1. The van der Waals surface area contributed by atoms with Crippen molar-refractivity contribution in [3.8, 4) is 16.9 Å². The van der Waals surface area contributed by atoms with E-state index >= 15 is 0 Å². The first-order valence-corrected chi connectivity index (χ1v) is 6.08. The summed E-state index contributed by atoms with van der Waals surface area (Å²) >= 11 is 3.38. The fourth-order valence-corrected chi connectivity index (χ4v) is 2.13. The zero-order chi connectivity index (χ0) is 13.1. The molecule has 18 heavy (non-hydrogen) atoms. The van der Waals surface area contributed by atoms with Gasteiger partial charge in [0.1, 0.15) is 5.75 Å². The molecule has 0 amide bonds. The average molecular weight is 307 g/mol. The Bertz CT molecular complexity index is 593. The van der Waals surface area contributed by atoms with Crippen molar-refractivity contribution >= 4 is 21.9 Å². The molecule has 0 aromatic heterocycles. The van der Waals surface area contributed by atoms with E-state index in [0.29, 0.717) is 11.3 Å². The third-order valence-corrected chi connectivity index (χ3v) is 3.09. The molecule has 0 radical (unpaired) electrons. The molecule has 2 rings (SSSR count). The van der Waals surface area contributed by atoms with Gasteiger partial charge in [0.05, 0.1) is 12.7 Å². The predicted octanol–water partition coefficient (Wildman–Crippen LogP) is 3.82. The van der Waals surface area contributed by atoms with Gasteiger partial charge in [-0.3, -0.25) is 0 Å². The zero-order valence-electron chi connectivity index (χ0n) is 9.68. The number of rotatable bonds is 3. The Morgan fingerprint density at radius 1 is 1.22 bits per heavy atom. The van der Waals surface area contributed by atoms with Crippen LogP contribution >= 0.6 is 15.9 Å². The number of benzene rings is 2. The van der Waals surface area contributed by atoms with E-state index in [-0.39, 0.29) is 5.56 Å². The molecular formula is C14H11BrO3. The Morgan fingerprint density at radius 2 is 2.00 bits per heavy atom. The minimum absolute atomic E-state index is 0.229. The highest BCUT2D eigenvalue weighted by Crippen LogP contribution is 2.29. The van der Waals surface area contributed by atoms with Crippen molar-refractivity contribution in [1.82, 2.24) is 0 Å². The summed E-state index contributed by atoms with van der Waals surface area (Å²) in [5.74, 6) is -0.435. The lowest BCUT2D eigenvalue weighted by atomic mass is 9.99. The van der Waals surface area contributed by atoms with Crippen LogP contribution in [0.4, 0.5) is 0 Å². The highest BCUT2D eigenvalue weighted by Gasteiger charge is 2.13. The fourth-order valence-electron chi connectivity index (χ4n) is 1.74. The molecular weight excluding hydrogens is 296 g/mol. The topological polar surface area (TPSA) is 46.5 Å². The van der Waals surface area contributed by atoms with E-state index in [1.165, 1.54) is 13.2 Å². The van der Waals surface area contributed by atoms with Gasteiger partial charge in [0, 0.05) is 4.47 Å². The first-order valence-electron chi connectivity index (χ1n) is 5.29. The first-order chi connectivity index (χ1) is 8.61. The van der Waals surface area contributed by atoms with Gasteiger partial charge in [-0.15, -0.1) is 0 Å². The maximum absolute atomic E-state index is 11.3. The van der Waals surface area contributed by atoms with Gasteiger partial charge in [0.15, 0.2) is 0 Å². The summed E-state index contributed by atoms with van der Waals surface area (Å²) in [6.07, 6.45) is 0. The Morgan fingerprint density at radius 3 is 2.61 bits per heavy atom.